The lowest BCUT2D eigenvalue weighted by Crippen LogP contribution is -2.47. The van der Waals surface area contributed by atoms with E-state index in [1.807, 2.05) is 18.2 Å². The Labute approximate surface area is 132 Å². The molecule has 0 saturated carbocycles. The number of piperidine rings is 1. The maximum Gasteiger partial charge on any atom is 0.227 e. The highest BCUT2D eigenvalue weighted by atomic mass is 19.1. The third-order valence-electron chi connectivity index (χ3n) is 4.92. The van der Waals surface area contributed by atoms with E-state index >= 15 is 0 Å². The lowest BCUT2D eigenvalue weighted by Gasteiger charge is -2.36. The van der Waals surface area contributed by atoms with Crippen LogP contribution in [0.15, 0.2) is 30.3 Å². The minimum absolute atomic E-state index is 0.132. The van der Waals surface area contributed by atoms with Crippen LogP contribution in [-0.2, 0) is 11.3 Å². The van der Waals surface area contributed by atoms with E-state index in [2.05, 4.69) is 21.9 Å². The van der Waals surface area contributed by atoms with Crippen LogP contribution in [0.25, 0.3) is 0 Å². The molecule has 3 heterocycles. The van der Waals surface area contributed by atoms with Crippen molar-refractivity contribution in [2.24, 2.45) is 5.92 Å². The highest BCUT2D eigenvalue weighted by Crippen LogP contribution is 2.30. The summed E-state index contributed by atoms with van der Waals surface area (Å²) >= 11 is 0. The average molecular weight is 304 g/mol. The van der Waals surface area contributed by atoms with Crippen molar-refractivity contribution in [3.05, 3.63) is 35.9 Å². The normalized spacial score (nSPS) is 25.5. The van der Waals surface area contributed by atoms with Crippen LogP contribution in [0.1, 0.15) is 31.2 Å². The van der Waals surface area contributed by atoms with E-state index in [9.17, 15) is 9.18 Å². The first-order chi connectivity index (χ1) is 10.8. The number of alkyl halides is 1. The van der Waals surface area contributed by atoms with E-state index in [1.165, 1.54) is 5.56 Å². The van der Waals surface area contributed by atoms with E-state index in [0.717, 1.165) is 45.4 Å². The summed E-state index contributed by atoms with van der Waals surface area (Å²) in [6.45, 7) is 3.20. The number of amides is 1. The Morgan fingerprint density at radius 3 is 2.68 bits per heavy atom. The fourth-order valence-corrected chi connectivity index (χ4v) is 3.73. The van der Waals surface area contributed by atoms with Crippen LogP contribution in [0, 0.1) is 5.92 Å². The number of unbranched alkanes of at least 4 members (excludes halogenated alkanes) is 1. The maximum absolute atomic E-state index is 12.7. The van der Waals surface area contributed by atoms with Gasteiger partial charge in [0.25, 0.3) is 0 Å². The molecule has 1 aromatic rings. The molecule has 1 aromatic carbocycles. The van der Waals surface area contributed by atoms with Crippen molar-refractivity contribution in [2.45, 2.75) is 38.3 Å². The minimum atomic E-state index is -0.236. The van der Waals surface area contributed by atoms with Crippen LogP contribution in [0.5, 0.6) is 0 Å². The first-order valence-corrected chi connectivity index (χ1v) is 8.40. The molecule has 120 valence electrons. The van der Waals surface area contributed by atoms with Crippen molar-refractivity contribution in [1.82, 2.24) is 9.80 Å². The fraction of sp³-hybridized carbons (Fsp3) is 0.611. The number of hydrogen-bond donors (Lipinski definition) is 0. The van der Waals surface area contributed by atoms with Crippen molar-refractivity contribution >= 4 is 5.91 Å². The lowest BCUT2D eigenvalue weighted by molar-refractivity contribution is -0.140. The molecule has 2 bridgehead atoms. The average Bonchev–Trinajstić information content (AvgIpc) is 2.81. The van der Waals surface area contributed by atoms with Gasteiger partial charge in [0.15, 0.2) is 0 Å². The molecule has 0 unspecified atom stereocenters. The molecule has 4 heteroatoms. The summed E-state index contributed by atoms with van der Waals surface area (Å²) in [6.07, 6.45) is 3.63. The van der Waals surface area contributed by atoms with Crippen molar-refractivity contribution in [3.8, 4) is 0 Å². The number of carbonyl (C=O) groups is 1. The molecule has 0 aromatic heterocycles. The maximum atomic E-state index is 12.7. The summed E-state index contributed by atoms with van der Waals surface area (Å²) in [7, 11) is 0. The van der Waals surface area contributed by atoms with Crippen molar-refractivity contribution in [1.29, 1.82) is 0 Å². The van der Waals surface area contributed by atoms with Gasteiger partial charge in [-0.15, -0.1) is 0 Å². The first-order valence-electron chi connectivity index (χ1n) is 8.40. The van der Waals surface area contributed by atoms with Gasteiger partial charge in [0.1, 0.15) is 0 Å². The predicted molar refractivity (Wildman–Crippen MR) is 85.2 cm³/mol. The third-order valence-corrected chi connectivity index (χ3v) is 4.92. The zero-order valence-electron chi connectivity index (χ0n) is 13.1. The van der Waals surface area contributed by atoms with E-state index in [1.54, 1.807) is 0 Å². The third kappa shape index (κ3) is 3.49. The minimum Gasteiger partial charge on any atom is -0.334 e. The summed E-state index contributed by atoms with van der Waals surface area (Å²) in [4.78, 5) is 17.2. The van der Waals surface area contributed by atoms with Gasteiger partial charge in [-0.3, -0.25) is 9.18 Å². The molecular weight excluding hydrogens is 279 g/mol. The van der Waals surface area contributed by atoms with Gasteiger partial charge in [0, 0.05) is 25.7 Å². The molecule has 0 N–H and O–H groups in total. The molecule has 22 heavy (non-hydrogen) atoms. The Bertz CT molecular complexity index is 493. The molecule has 0 aliphatic carbocycles. The lowest BCUT2D eigenvalue weighted by atomic mass is 9.93. The number of fused-ring (bicyclic) bond motifs is 4. The highest BCUT2D eigenvalue weighted by Gasteiger charge is 2.40. The van der Waals surface area contributed by atoms with Crippen molar-refractivity contribution in [3.63, 3.8) is 0 Å². The smallest absolute Gasteiger partial charge is 0.227 e. The Morgan fingerprint density at radius 2 is 1.91 bits per heavy atom. The highest BCUT2D eigenvalue weighted by molar-refractivity contribution is 5.80. The second-order valence-electron chi connectivity index (χ2n) is 6.54. The SMILES string of the molecule is O=C1[C@H]2CC[C@H](CN(CCCCF)C2)N1Cc1ccccc1. The van der Waals surface area contributed by atoms with Gasteiger partial charge in [-0.25, -0.2) is 0 Å². The zero-order chi connectivity index (χ0) is 15.4. The Kier molecular flexibility index (Phi) is 5.08. The topological polar surface area (TPSA) is 23.6 Å². The molecule has 3 saturated heterocycles. The first kappa shape index (κ1) is 15.5. The fourth-order valence-electron chi connectivity index (χ4n) is 3.73. The Morgan fingerprint density at radius 1 is 1.09 bits per heavy atom. The predicted octanol–water partition coefficient (Wildman–Crippen LogP) is 2.86. The number of carbonyl (C=O) groups excluding carboxylic acids is 1. The molecule has 3 fully saturated rings. The van der Waals surface area contributed by atoms with Gasteiger partial charge in [0.05, 0.1) is 12.6 Å². The van der Waals surface area contributed by atoms with Crippen LogP contribution in [-0.4, -0.2) is 48.1 Å². The second kappa shape index (κ2) is 7.23. The molecule has 0 spiro atoms. The Hall–Kier alpha value is -1.42. The summed E-state index contributed by atoms with van der Waals surface area (Å²) < 4.78 is 12.3. The molecule has 1 amide bonds. The van der Waals surface area contributed by atoms with Crippen molar-refractivity contribution < 1.29 is 9.18 Å². The quantitative estimate of drug-likeness (QED) is 0.755. The number of hydrogen-bond acceptors (Lipinski definition) is 2. The summed E-state index contributed by atoms with van der Waals surface area (Å²) in [6, 6.07) is 10.6. The summed E-state index contributed by atoms with van der Waals surface area (Å²) in [5.41, 5.74) is 1.20. The monoisotopic (exact) mass is 304 g/mol. The summed E-state index contributed by atoms with van der Waals surface area (Å²) in [5, 5.41) is 0. The van der Waals surface area contributed by atoms with Gasteiger partial charge in [-0.1, -0.05) is 30.3 Å². The summed E-state index contributed by atoms with van der Waals surface area (Å²) in [5.74, 6) is 0.445. The molecule has 4 rings (SSSR count). The number of halogens is 1. The standard InChI is InChI=1S/C18H25FN2O/c19-10-4-5-11-20-13-16-8-9-17(14-20)21(18(16)22)12-15-6-2-1-3-7-15/h1-3,6-7,16-17H,4-5,8-14H2/t16-,17+/m0/s1. The van der Waals surface area contributed by atoms with Crippen LogP contribution in [0.4, 0.5) is 4.39 Å². The zero-order valence-corrected chi connectivity index (χ0v) is 13.1. The largest absolute Gasteiger partial charge is 0.334 e. The van der Waals surface area contributed by atoms with Crippen LogP contribution in [0.3, 0.4) is 0 Å². The molecular formula is C18H25FN2O. The molecule has 3 aliphatic rings. The van der Waals surface area contributed by atoms with Crippen LogP contribution < -0.4 is 0 Å². The molecule has 3 nitrogen and oxygen atoms in total. The van der Waals surface area contributed by atoms with Gasteiger partial charge >= 0.3 is 0 Å². The van der Waals surface area contributed by atoms with Crippen molar-refractivity contribution in [2.75, 3.05) is 26.3 Å². The number of nitrogens with zero attached hydrogens (tertiary/aromatic N) is 2. The van der Waals surface area contributed by atoms with Crippen LogP contribution in [0.2, 0.25) is 0 Å². The number of rotatable bonds is 6. The van der Waals surface area contributed by atoms with Gasteiger partial charge < -0.3 is 9.80 Å². The van der Waals surface area contributed by atoms with Gasteiger partial charge in [0.2, 0.25) is 5.91 Å². The molecule has 2 atom stereocenters. The van der Waals surface area contributed by atoms with E-state index in [4.69, 9.17) is 0 Å². The van der Waals surface area contributed by atoms with Gasteiger partial charge in [-0.05, 0) is 37.8 Å². The van der Waals surface area contributed by atoms with E-state index < -0.39 is 0 Å². The number of benzene rings is 1. The van der Waals surface area contributed by atoms with Crippen LogP contribution >= 0.6 is 0 Å². The molecule has 0 radical (unpaired) electrons. The van der Waals surface area contributed by atoms with E-state index in [0.29, 0.717) is 18.4 Å². The Balaban J connectivity index is 1.67. The van der Waals surface area contributed by atoms with Gasteiger partial charge in [-0.2, -0.15) is 0 Å². The van der Waals surface area contributed by atoms with E-state index in [-0.39, 0.29) is 12.6 Å². The second-order valence-corrected chi connectivity index (χ2v) is 6.54. The molecule has 3 aliphatic heterocycles.